The Morgan fingerprint density at radius 1 is 1.00 bits per heavy atom. The molecular formula is C28H33N3O5. The topological polar surface area (TPSA) is 108 Å². The Morgan fingerprint density at radius 3 is 2.44 bits per heavy atom. The van der Waals surface area contributed by atoms with Gasteiger partial charge in [-0.05, 0) is 49.8 Å². The fourth-order valence-electron chi connectivity index (χ4n) is 6.19. The summed E-state index contributed by atoms with van der Waals surface area (Å²) in [4.78, 5) is 42.5. The van der Waals surface area contributed by atoms with Crippen molar-refractivity contribution in [2.24, 2.45) is 11.8 Å². The van der Waals surface area contributed by atoms with E-state index in [0.29, 0.717) is 44.5 Å². The molecule has 190 valence electrons. The molecule has 3 N–H and O–H groups in total. The predicted molar refractivity (Wildman–Crippen MR) is 134 cm³/mol. The van der Waals surface area contributed by atoms with E-state index in [1.807, 2.05) is 60.7 Å². The molecule has 0 aromatic heterocycles. The van der Waals surface area contributed by atoms with Crippen LogP contribution < -0.4 is 10.6 Å². The molecule has 5 atom stereocenters. The smallest absolute Gasteiger partial charge is 0.246 e. The van der Waals surface area contributed by atoms with Gasteiger partial charge in [-0.3, -0.25) is 14.4 Å². The van der Waals surface area contributed by atoms with Gasteiger partial charge in [-0.2, -0.15) is 0 Å². The zero-order valence-corrected chi connectivity index (χ0v) is 20.3. The summed E-state index contributed by atoms with van der Waals surface area (Å²) in [5, 5.41) is 15.1. The van der Waals surface area contributed by atoms with E-state index in [9.17, 15) is 14.4 Å². The second kappa shape index (κ2) is 10.4. The maximum atomic E-state index is 13.8. The summed E-state index contributed by atoms with van der Waals surface area (Å²) in [5.41, 5.74) is 0.635. The van der Waals surface area contributed by atoms with Gasteiger partial charge >= 0.3 is 0 Å². The number of anilines is 1. The second-order valence-electron chi connectivity index (χ2n) is 9.93. The van der Waals surface area contributed by atoms with Crippen LogP contribution in [-0.2, 0) is 25.7 Å². The first-order valence-electron chi connectivity index (χ1n) is 12.8. The first-order valence-corrected chi connectivity index (χ1v) is 12.8. The fraction of sp³-hybridized carbons (Fsp3) is 0.464. The van der Waals surface area contributed by atoms with Gasteiger partial charge in [0.25, 0.3) is 0 Å². The van der Waals surface area contributed by atoms with E-state index in [2.05, 4.69) is 10.6 Å². The first kappa shape index (κ1) is 24.5. The Balaban J connectivity index is 1.39. The maximum absolute atomic E-state index is 13.8. The van der Waals surface area contributed by atoms with Crippen molar-refractivity contribution in [3.63, 3.8) is 0 Å². The third-order valence-corrected chi connectivity index (χ3v) is 7.76. The Hall–Kier alpha value is -3.23. The predicted octanol–water partition coefficient (Wildman–Crippen LogP) is 2.48. The van der Waals surface area contributed by atoms with E-state index in [0.717, 1.165) is 12.0 Å². The van der Waals surface area contributed by atoms with E-state index in [4.69, 9.17) is 9.84 Å². The molecule has 8 heteroatoms. The Morgan fingerprint density at radius 2 is 1.72 bits per heavy atom. The summed E-state index contributed by atoms with van der Waals surface area (Å²) in [5.74, 6) is -2.00. The third-order valence-electron chi connectivity index (χ3n) is 7.76. The number of aliphatic hydroxyl groups is 1. The molecule has 8 nitrogen and oxygen atoms in total. The monoisotopic (exact) mass is 491 g/mol. The standard InChI is InChI=1S/C28H33N3O5/c32-17-9-3-8-16-31-24(26(34)29-18-19-10-4-1-5-11-19)28-15-14-21(36-28)22(23(28)27(31)35)25(33)30-20-12-6-2-7-13-20/h1-2,4-7,10-13,21-24,32H,3,8-9,14-18H2,(H,29,34)(H,30,33)/t21-,22+,23+,24?,28?/m1/s1. The van der Waals surface area contributed by atoms with Crippen LogP contribution in [0.15, 0.2) is 60.7 Å². The molecule has 3 aliphatic heterocycles. The van der Waals surface area contributed by atoms with Crippen molar-refractivity contribution in [2.75, 3.05) is 18.5 Å². The number of rotatable bonds is 10. The zero-order chi connectivity index (χ0) is 25.1. The lowest BCUT2D eigenvalue weighted by molar-refractivity contribution is -0.141. The Kier molecular flexibility index (Phi) is 7.07. The molecule has 5 rings (SSSR count). The summed E-state index contributed by atoms with van der Waals surface area (Å²) in [7, 11) is 0. The number of para-hydroxylation sites is 1. The van der Waals surface area contributed by atoms with E-state index < -0.39 is 23.5 Å². The van der Waals surface area contributed by atoms with Crippen molar-refractivity contribution in [3.8, 4) is 0 Å². The number of ether oxygens (including phenoxy) is 1. The van der Waals surface area contributed by atoms with Gasteiger partial charge in [0.2, 0.25) is 17.7 Å². The van der Waals surface area contributed by atoms with Crippen LogP contribution in [0.4, 0.5) is 5.69 Å². The zero-order valence-electron chi connectivity index (χ0n) is 20.3. The number of carbonyl (C=O) groups is 3. The molecule has 36 heavy (non-hydrogen) atoms. The number of aliphatic hydroxyl groups excluding tert-OH is 1. The van der Waals surface area contributed by atoms with E-state index in [1.54, 1.807) is 4.90 Å². The van der Waals surface area contributed by atoms with Crippen LogP contribution in [0.2, 0.25) is 0 Å². The number of benzene rings is 2. The van der Waals surface area contributed by atoms with Crippen LogP contribution in [0.25, 0.3) is 0 Å². The number of unbranched alkanes of at least 4 members (excludes halogenated alkanes) is 2. The average Bonchev–Trinajstić information content (AvgIpc) is 3.54. The van der Waals surface area contributed by atoms with Gasteiger partial charge in [0, 0.05) is 25.4 Å². The lowest BCUT2D eigenvalue weighted by Crippen LogP contribution is -2.55. The molecule has 3 saturated heterocycles. The molecule has 3 fully saturated rings. The van der Waals surface area contributed by atoms with Crippen molar-refractivity contribution >= 4 is 23.4 Å². The number of amides is 3. The number of carbonyl (C=O) groups excluding carboxylic acids is 3. The molecule has 2 bridgehead atoms. The molecule has 0 saturated carbocycles. The van der Waals surface area contributed by atoms with Crippen molar-refractivity contribution in [1.29, 1.82) is 0 Å². The van der Waals surface area contributed by atoms with Crippen LogP contribution in [-0.4, -0.2) is 58.6 Å². The summed E-state index contributed by atoms with van der Waals surface area (Å²) < 4.78 is 6.45. The largest absolute Gasteiger partial charge is 0.396 e. The highest BCUT2D eigenvalue weighted by Gasteiger charge is 2.74. The quantitative estimate of drug-likeness (QED) is 0.443. The van der Waals surface area contributed by atoms with Crippen molar-refractivity contribution < 1.29 is 24.2 Å². The van der Waals surface area contributed by atoms with Gasteiger partial charge in [0.1, 0.15) is 11.6 Å². The molecular weight excluding hydrogens is 458 g/mol. The highest BCUT2D eigenvalue weighted by Crippen LogP contribution is 2.58. The van der Waals surface area contributed by atoms with Gasteiger partial charge in [-0.15, -0.1) is 0 Å². The molecule has 0 radical (unpaired) electrons. The van der Waals surface area contributed by atoms with Gasteiger partial charge in [-0.1, -0.05) is 48.5 Å². The van der Waals surface area contributed by atoms with Gasteiger partial charge < -0.3 is 25.4 Å². The summed E-state index contributed by atoms with van der Waals surface area (Å²) in [6, 6.07) is 18.0. The van der Waals surface area contributed by atoms with Gasteiger partial charge in [-0.25, -0.2) is 0 Å². The summed E-state index contributed by atoms with van der Waals surface area (Å²) in [6.45, 7) is 0.834. The van der Waals surface area contributed by atoms with E-state index >= 15 is 0 Å². The number of likely N-dealkylation sites (tertiary alicyclic amines) is 1. The van der Waals surface area contributed by atoms with Crippen LogP contribution >= 0.6 is 0 Å². The van der Waals surface area contributed by atoms with E-state index in [1.165, 1.54) is 0 Å². The van der Waals surface area contributed by atoms with Crippen LogP contribution in [0.5, 0.6) is 0 Å². The number of nitrogens with one attached hydrogen (secondary N) is 2. The normalized spacial score (nSPS) is 28.2. The minimum atomic E-state index is -1.00. The summed E-state index contributed by atoms with van der Waals surface area (Å²) in [6.07, 6.45) is 2.88. The highest BCUT2D eigenvalue weighted by atomic mass is 16.5. The molecule has 3 amide bonds. The number of hydrogen-bond acceptors (Lipinski definition) is 5. The molecule has 1 spiro atoms. The molecule has 3 aliphatic rings. The second-order valence-corrected chi connectivity index (χ2v) is 9.93. The van der Waals surface area contributed by atoms with E-state index in [-0.39, 0.29) is 30.4 Å². The van der Waals surface area contributed by atoms with Crippen LogP contribution in [0.1, 0.15) is 37.7 Å². The van der Waals surface area contributed by atoms with Crippen LogP contribution in [0.3, 0.4) is 0 Å². The minimum absolute atomic E-state index is 0.0913. The average molecular weight is 492 g/mol. The van der Waals surface area contributed by atoms with Crippen molar-refractivity contribution in [1.82, 2.24) is 10.2 Å². The van der Waals surface area contributed by atoms with Crippen molar-refractivity contribution in [3.05, 3.63) is 66.2 Å². The lowest BCUT2D eigenvalue weighted by Gasteiger charge is -2.33. The third kappa shape index (κ3) is 4.40. The number of hydrogen-bond donors (Lipinski definition) is 3. The maximum Gasteiger partial charge on any atom is 0.246 e. The highest BCUT2D eigenvalue weighted by molar-refractivity contribution is 6.02. The van der Waals surface area contributed by atoms with Crippen LogP contribution in [0, 0.1) is 11.8 Å². The minimum Gasteiger partial charge on any atom is -0.396 e. The molecule has 2 aromatic carbocycles. The SMILES string of the molecule is O=C(NCc1ccccc1)C1N(CCCCCO)C(=O)[C@@H]2[C@@H](C(=O)Nc3ccccc3)[C@H]3CCC12O3. The summed E-state index contributed by atoms with van der Waals surface area (Å²) >= 11 is 0. The first-order chi connectivity index (χ1) is 17.5. The Bertz CT molecular complexity index is 1090. The number of nitrogens with zero attached hydrogens (tertiary/aromatic N) is 1. The molecule has 3 heterocycles. The van der Waals surface area contributed by atoms with Crippen molar-refractivity contribution in [2.45, 2.75) is 56.4 Å². The molecule has 2 aromatic rings. The lowest BCUT2D eigenvalue weighted by atomic mass is 9.70. The number of fused-ring (bicyclic) bond motifs is 1. The fourth-order valence-corrected chi connectivity index (χ4v) is 6.19. The molecule has 2 unspecified atom stereocenters. The van der Waals surface area contributed by atoms with Gasteiger partial charge in [0.15, 0.2) is 0 Å². The Labute approximate surface area is 211 Å². The molecule has 0 aliphatic carbocycles. The van der Waals surface area contributed by atoms with Gasteiger partial charge in [0.05, 0.1) is 17.9 Å².